The van der Waals surface area contributed by atoms with Crippen molar-refractivity contribution in [3.05, 3.63) is 57.8 Å². The van der Waals surface area contributed by atoms with E-state index >= 15 is 0 Å². The number of amides is 1. The van der Waals surface area contributed by atoms with E-state index in [0.29, 0.717) is 0 Å². The van der Waals surface area contributed by atoms with Crippen molar-refractivity contribution in [1.82, 2.24) is 0 Å². The minimum Gasteiger partial charge on any atom is -0.508 e. The van der Waals surface area contributed by atoms with Gasteiger partial charge in [-0.2, -0.15) is 0 Å². The number of carbonyl (C=O) groups excluding carboxylic acids is 1. The second-order valence-electron chi connectivity index (χ2n) is 3.78. The predicted octanol–water partition coefficient (Wildman–Crippen LogP) is 4.09. The van der Waals surface area contributed by atoms with E-state index in [2.05, 4.69) is 5.32 Å². The van der Waals surface area contributed by atoms with Crippen LogP contribution in [0.25, 0.3) is 0 Å². The average Bonchev–Trinajstić information content (AvgIpc) is 2.30. The first-order valence-electron chi connectivity index (χ1n) is 5.21. The minimum atomic E-state index is -0.567. The molecule has 19 heavy (non-hydrogen) atoms. The number of benzene rings is 2. The number of anilines is 1. The molecule has 1 amide bonds. The zero-order chi connectivity index (χ0) is 14.0. The van der Waals surface area contributed by atoms with Crippen molar-refractivity contribution < 1.29 is 14.3 Å². The number of rotatable bonds is 2. The Hall–Kier alpha value is -1.78. The second-order valence-corrected chi connectivity index (χ2v) is 4.62. The standard InChI is InChI=1S/C13H8Cl2FNO2/c14-7-3-8(16)5-9(4-7)17-13(19)11-6-10(18)1-2-12(11)15/h1-6,18H,(H,17,19). The molecule has 0 aliphatic rings. The summed E-state index contributed by atoms with van der Waals surface area (Å²) >= 11 is 11.5. The molecule has 0 heterocycles. The van der Waals surface area contributed by atoms with E-state index in [1.165, 1.54) is 24.3 Å². The molecular formula is C13H8Cl2FNO2. The third kappa shape index (κ3) is 3.36. The number of phenols is 1. The van der Waals surface area contributed by atoms with Crippen LogP contribution in [-0.2, 0) is 0 Å². The van der Waals surface area contributed by atoms with Crippen LogP contribution in [0.1, 0.15) is 10.4 Å². The largest absolute Gasteiger partial charge is 0.508 e. The Balaban J connectivity index is 2.28. The molecule has 0 aromatic heterocycles. The quantitative estimate of drug-likeness (QED) is 0.877. The van der Waals surface area contributed by atoms with E-state index in [4.69, 9.17) is 23.2 Å². The van der Waals surface area contributed by atoms with Gasteiger partial charge in [-0.05, 0) is 36.4 Å². The average molecular weight is 300 g/mol. The topological polar surface area (TPSA) is 49.3 Å². The van der Waals surface area contributed by atoms with Crippen molar-refractivity contribution in [3.8, 4) is 5.75 Å². The highest BCUT2D eigenvalue weighted by Crippen LogP contribution is 2.23. The Kier molecular flexibility index (Phi) is 3.93. The van der Waals surface area contributed by atoms with Crippen LogP contribution in [0.5, 0.6) is 5.75 Å². The minimum absolute atomic E-state index is 0.0852. The fraction of sp³-hybridized carbons (Fsp3) is 0. The Labute approximate surface area is 118 Å². The van der Waals surface area contributed by atoms with E-state index in [1.54, 1.807) is 0 Å². The summed E-state index contributed by atoms with van der Waals surface area (Å²) < 4.78 is 13.1. The third-order valence-electron chi connectivity index (χ3n) is 2.31. The lowest BCUT2D eigenvalue weighted by molar-refractivity contribution is 0.102. The normalized spacial score (nSPS) is 10.3. The maximum atomic E-state index is 13.1. The van der Waals surface area contributed by atoms with Gasteiger partial charge in [0, 0.05) is 10.7 Å². The second kappa shape index (κ2) is 5.47. The number of hydrogen-bond donors (Lipinski definition) is 2. The lowest BCUT2D eigenvalue weighted by atomic mass is 10.2. The van der Waals surface area contributed by atoms with Gasteiger partial charge in [0.05, 0.1) is 10.6 Å². The van der Waals surface area contributed by atoms with E-state index in [9.17, 15) is 14.3 Å². The lowest BCUT2D eigenvalue weighted by Gasteiger charge is -2.07. The SMILES string of the molecule is O=C(Nc1cc(F)cc(Cl)c1)c1cc(O)ccc1Cl. The molecule has 0 unspecified atom stereocenters. The maximum Gasteiger partial charge on any atom is 0.257 e. The van der Waals surface area contributed by atoms with Crippen LogP contribution in [0.2, 0.25) is 10.0 Å². The lowest BCUT2D eigenvalue weighted by Crippen LogP contribution is -2.12. The Morgan fingerprint density at radius 1 is 1.16 bits per heavy atom. The smallest absolute Gasteiger partial charge is 0.257 e. The van der Waals surface area contributed by atoms with Crippen LogP contribution in [0.15, 0.2) is 36.4 Å². The van der Waals surface area contributed by atoms with Crippen molar-refractivity contribution in [2.75, 3.05) is 5.32 Å². The summed E-state index contributed by atoms with van der Waals surface area (Å²) in [5.41, 5.74) is 0.288. The van der Waals surface area contributed by atoms with Gasteiger partial charge in [-0.25, -0.2) is 4.39 Å². The number of phenolic OH excluding ortho intramolecular Hbond substituents is 1. The van der Waals surface area contributed by atoms with Gasteiger partial charge in [0.1, 0.15) is 11.6 Å². The summed E-state index contributed by atoms with van der Waals surface area (Å²) in [6, 6.07) is 7.62. The Morgan fingerprint density at radius 2 is 1.89 bits per heavy atom. The monoisotopic (exact) mass is 299 g/mol. The van der Waals surface area contributed by atoms with E-state index in [0.717, 1.165) is 12.1 Å². The van der Waals surface area contributed by atoms with Crippen LogP contribution >= 0.6 is 23.2 Å². The van der Waals surface area contributed by atoms with Gasteiger partial charge in [0.2, 0.25) is 0 Å². The molecule has 0 aliphatic heterocycles. The van der Waals surface area contributed by atoms with Gasteiger partial charge in [0.15, 0.2) is 0 Å². The van der Waals surface area contributed by atoms with Crippen molar-refractivity contribution >= 4 is 34.8 Å². The Morgan fingerprint density at radius 3 is 2.58 bits per heavy atom. The first-order chi connectivity index (χ1) is 8.95. The summed E-state index contributed by atoms with van der Waals surface area (Å²) in [5.74, 6) is -1.22. The molecule has 98 valence electrons. The highest BCUT2D eigenvalue weighted by atomic mass is 35.5. The van der Waals surface area contributed by atoms with Crippen molar-refractivity contribution in [3.63, 3.8) is 0 Å². The number of aromatic hydroxyl groups is 1. The molecule has 0 fully saturated rings. The van der Waals surface area contributed by atoms with Crippen molar-refractivity contribution in [2.24, 2.45) is 0 Å². The van der Waals surface area contributed by atoms with Gasteiger partial charge >= 0.3 is 0 Å². The highest BCUT2D eigenvalue weighted by molar-refractivity contribution is 6.34. The summed E-state index contributed by atoms with van der Waals surface area (Å²) in [7, 11) is 0. The van der Waals surface area contributed by atoms with E-state index in [-0.39, 0.29) is 27.0 Å². The first kappa shape index (κ1) is 13.6. The number of halogens is 3. The van der Waals surface area contributed by atoms with Gasteiger partial charge in [-0.15, -0.1) is 0 Å². The van der Waals surface area contributed by atoms with Crippen LogP contribution in [0, 0.1) is 5.82 Å². The molecular weight excluding hydrogens is 292 g/mol. The molecule has 0 aliphatic carbocycles. The molecule has 0 radical (unpaired) electrons. The number of hydrogen-bond acceptors (Lipinski definition) is 2. The van der Waals surface area contributed by atoms with Crippen molar-refractivity contribution in [1.29, 1.82) is 0 Å². The molecule has 0 bridgehead atoms. The summed E-state index contributed by atoms with van der Waals surface area (Å²) in [4.78, 5) is 11.9. The zero-order valence-corrected chi connectivity index (χ0v) is 11.0. The molecule has 2 aromatic rings. The summed E-state index contributed by atoms with van der Waals surface area (Å²) in [5, 5.41) is 12.1. The zero-order valence-electron chi connectivity index (χ0n) is 9.45. The van der Waals surface area contributed by atoms with Crippen LogP contribution < -0.4 is 5.32 Å². The maximum absolute atomic E-state index is 13.1. The van der Waals surface area contributed by atoms with Gasteiger partial charge in [-0.3, -0.25) is 4.79 Å². The van der Waals surface area contributed by atoms with Crippen molar-refractivity contribution in [2.45, 2.75) is 0 Å². The molecule has 0 saturated heterocycles. The molecule has 6 heteroatoms. The molecule has 2 aromatic carbocycles. The molecule has 0 saturated carbocycles. The molecule has 0 atom stereocenters. The summed E-state index contributed by atoms with van der Waals surface area (Å²) in [6.07, 6.45) is 0. The highest BCUT2D eigenvalue weighted by Gasteiger charge is 2.12. The molecule has 0 spiro atoms. The van der Waals surface area contributed by atoms with E-state index < -0.39 is 11.7 Å². The van der Waals surface area contributed by atoms with Crippen LogP contribution in [0.4, 0.5) is 10.1 Å². The van der Waals surface area contributed by atoms with Crippen LogP contribution in [-0.4, -0.2) is 11.0 Å². The molecule has 2 rings (SSSR count). The fourth-order valence-corrected chi connectivity index (χ4v) is 1.94. The number of nitrogens with one attached hydrogen (secondary N) is 1. The van der Waals surface area contributed by atoms with Gasteiger partial charge in [0.25, 0.3) is 5.91 Å². The fourth-order valence-electron chi connectivity index (χ4n) is 1.51. The van der Waals surface area contributed by atoms with Gasteiger partial charge < -0.3 is 10.4 Å². The number of carbonyl (C=O) groups is 1. The summed E-state index contributed by atoms with van der Waals surface area (Å²) in [6.45, 7) is 0. The predicted molar refractivity (Wildman–Crippen MR) is 72.5 cm³/mol. The molecule has 2 N–H and O–H groups in total. The molecule has 3 nitrogen and oxygen atoms in total. The van der Waals surface area contributed by atoms with E-state index in [1.807, 2.05) is 0 Å². The Bertz CT molecular complexity index is 626. The van der Waals surface area contributed by atoms with Gasteiger partial charge in [-0.1, -0.05) is 23.2 Å². The first-order valence-corrected chi connectivity index (χ1v) is 5.97. The van der Waals surface area contributed by atoms with Crippen LogP contribution in [0.3, 0.4) is 0 Å². The third-order valence-corrected chi connectivity index (χ3v) is 2.86.